The van der Waals surface area contributed by atoms with Crippen molar-refractivity contribution in [3.05, 3.63) is 52.0 Å². The summed E-state index contributed by atoms with van der Waals surface area (Å²) in [6, 6.07) is 13.0. The lowest BCUT2D eigenvalue weighted by molar-refractivity contribution is 1.36. The summed E-state index contributed by atoms with van der Waals surface area (Å²) in [7, 11) is 0. The van der Waals surface area contributed by atoms with Gasteiger partial charge in [0, 0.05) is 9.92 Å². The van der Waals surface area contributed by atoms with E-state index in [4.69, 9.17) is 23.2 Å². The highest BCUT2D eigenvalue weighted by Crippen LogP contribution is 2.32. The lowest BCUT2D eigenvalue weighted by atomic mass is 10.2. The van der Waals surface area contributed by atoms with Crippen molar-refractivity contribution in [1.29, 1.82) is 5.26 Å². The molecular weight excluding hydrogens is 299 g/mol. The number of nitrogens with zero attached hydrogens (tertiary/aromatic N) is 1. The molecular formula is C14H10Cl2N2S. The van der Waals surface area contributed by atoms with Crippen LogP contribution in [0.15, 0.2) is 41.3 Å². The molecule has 19 heavy (non-hydrogen) atoms. The molecule has 96 valence electrons. The number of hydrogen-bond acceptors (Lipinski definition) is 3. The molecule has 0 amide bonds. The molecule has 0 saturated carbocycles. The van der Waals surface area contributed by atoms with Crippen molar-refractivity contribution >= 4 is 46.3 Å². The van der Waals surface area contributed by atoms with Crippen molar-refractivity contribution in [2.75, 3.05) is 11.6 Å². The standard InChI is InChI=1S/C14H10Cl2N2S/c1-19-14-4-2-3-12(10(14)8-17)18-13-7-9(15)5-6-11(13)16/h2-7,18H,1H3. The first-order valence-corrected chi connectivity index (χ1v) is 7.43. The van der Waals surface area contributed by atoms with Gasteiger partial charge in [-0.25, -0.2) is 0 Å². The molecule has 5 heteroatoms. The number of rotatable bonds is 3. The van der Waals surface area contributed by atoms with Crippen molar-refractivity contribution in [2.24, 2.45) is 0 Å². The minimum Gasteiger partial charge on any atom is -0.353 e. The molecule has 0 unspecified atom stereocenters. The van der Waals surface area contributed by atoms with Gasteiger partial charge in [0.25, 0.3) is 0 Å². The first kappa shape index (κ1) is 14.1. The van der Waals surface area contributed by atoms with Crippen molar-refractivity contribution in [3.63, 3.8) is 0 Å². The number of hydrogen-bond donors (Lipinski definition) is 1. The molecule has 0 bridgehead atoms. The molecule has 0 aliphatic carbocycles. The van der Waals surface area contributed by atoms with E-state index in [1.807, 2.05) is 24.5 Å². The number of halogens is 2. The zero-order valence-electron chi connectivity index (χ0n) is 10.1. The molecule has 2 rings (SSSR count). The largest absolute Gasteiger partial charge is 0.353 e. The van der Waals surface area contributed by atoms with E-state index in [-0.39, 0.29) is 0 Å². The molecule has 2 aromatic rings. The van der Waals surface area contributed by atoms with Gasteiger partial charge in [-0.2, -0.15) is 5.26 Å². The van der Waals surface area contributed by atoms with E-state index >= 15 is 0 Å². The molecule has 0 saturated heterocycles. The van der Waals surface area contributed by atoms with Crippen molar-refractivity contribution in [1.82, 2.24) is 0 Å². The summed E-state index contributed by atoms with van der Waals surface area (Å²) < 4.78 is 0. The molecule has 1 N–H and O–H groups in total. The smallest absolute Gasteiger partial charge is 0.103 e. The minimum absolute atomic E-state index is 0.558. The first-order chi connectivity index (χ1) is 9.15. The van der Waals surface area contributed by atoms with E-state index in [0.29, 0.717) is 21.3 Å². The molecule has 0 aromatic heterocycles. The van der Waals surface area contributed by atoms with E-state index in [0.717, 1.165) is 10.6 Å². The Bertz CT molecular complexity index is 650. The van der Waals surface area contributed by atoms with Gasteiger partial charge in [-0.1, -0.05) is 29.3 Å². The van der Waals surface area contributed by atoms with Crippen LogP contribution in [0.3, 0.4) is 0 Å². The van der Waals surface area contributed by atoms with Crippen LogP contribution in [0.1, 0.15) is 5.56 Å². The maximum Gasteiger partial charge on any atom is 0.103 e. The van der Waals surface area contributed by atoms with Gasteiger partial charge in [0.15, 0.2) is 0 Å². The maximum absolute atomic E-state index is 9.27. The Morgan fingerprint density at radius 3 is 2.63 bits per heavy atom. The molecule has 2 nitrogen and oxygen atoms in total. The van der Waals surface area contributed by atoms with Crippen molar-refractivity contribution < 1.29 is 0 Å². The molecule has 0 heterocycles. The van der Waals surface area contributed by atoms with Crippen LogP contribution in [0.25, 0.3) is 0 Å². The second-order valence-corrected chi connectivity index (χ2v) is 5.44. The number of nitrogens with one attached hydrogen (secondary N) is 1. The van der Waals surface area contributed by atoms with Crippen molar-refractivity contribution in [2.45, 2.75) is 4.90 Å². The van der Waals surface area contributed by atoms with Crippen LogP contribution in [0.5, 0.6) is 0 Å². The molecule has 2 aromatic carbocycles. The van der Waals surface area contributed by atoms with Gasteiger partial charge >= 0.3 is 0 Å². The Morgan fingerprint density at radius 1 is 1.16 bits per heavy atom. The zero-order valence-corrected chi connectivity index (χ0v) is 12.4. The summed E-state index contributed by atoms with van der Waals surface area (Å²) in [5.74, 6) is 0. The van der Waals surface area contributed by atoms with E-state index in [1.165, 1.54) is 11.8 Å². The zero-order chi connectivity index (χ0) is 13.8. The second-order valence-electron chi connectivity index (χ2n) is 3.74. The van der Waals surface area contributed by atoms with E-state index in [9.17, 15) is 5.26 Å². The number of anilines is 2. The van der Waals surface area contributed by atoms with Crippen LogP contribution >= 0.6 is 35.0 Å². The SMILES string of the molecule is CSc1cccc(Nc2cc(Cl)ccc2Cl)c1C#N. The van der Waals surface area contributed by atoms with E-state index in [2.05, 4.69) is 11.4 Å². The third-order valence-corrected chi connectivity index (χ3v) is 3.90. The third kappa shape index (κ3) is 3.16. The Hall–Kier alpha value is -1.34. The molecule has 0 spiro atoms. The average molecular weight is 309 g/mol. The van der Waals surface area contributed by atoms with E-state index < -0.39 is 0 Å². The molecule has 0 fully saturated rings. The average Bonchev–Trinajstić information content (AvgIpc) is 2.42. The topological polar surface area (TPSA) is 35.8 Å². The number of thioether (sulfide) groups is 1. The van der Waals surface area contributed by atoms with Gasteiger partial charge in [-0.05, 0) is 36.6 Å². The van der Waals surface area contributed by atoms with Gasteiger partial charge in [-0.3, -0.25) is 0 Å². The Balaban J connectivity index is 2.44. The molecule has 0 aliphatic heterocycles. The highest BCUT2D eigenvalue weighted by Gasteiger charge is 2.09. The third-order valence-electron chi connectivity index (χ3n) is 2.56. The molecule has 0 aliphatic rings. The number of benzene rings is 2. The Labute approximate surface area is 126 Å². The second kappa shape index (κ2) is 6.21. The fourth-order valence-electron chi connectivity index (χ4n) is 1.66. The fourth-order valence-corrected chi connectivity index (χ4v) is 2.57. The number of nitriles is 1. The maximum atomic E-state index is 9.27. The predicted octanol–water partition coefficient (Wildman–Crippen LogP) is 5.33. The highest BCUT2D eigenvalue weighted by molar-refractivity contribution is 7.98. The predicted molar refractivity (Wildman–Crippen MR) is 82.7 cm³/mol. The van der Waals surface area contributed by atoms with Crippen LogP contribution in [0, 0.1) is 11.3 Å². The van der Waals surface area contributed by atoms with Crippen LogP contribution in [0.4, 0.5) is 11.4 Å². The fraction of sp³-hybridized carbons (Fsp3) is 0.0714. The summed E-state index contributed by atoms with van der Waals surface area (Å²) >= 11 is 13.6. The van der Waals surface area contributed by atoms with Crippen LogP contribution in [-0.2, 0) is 0 Å². The van der Waals surface area contributed by atoms with Crippen LogP contribution < -0.4 is 5.32 Å². The Kier molecular flexibility index (Phi) is 4.60. The van der Waals surface area contributed by atoms with Crippen molar-refractivity contribution in [3.8, 4) is 6.07 Å². The van der Waals surface area contributed by atoms with Gasteiger partial charge < -0.3 is 5.32 Å². The summed E-state index contributed by atoms with van der Waals surface area (Å²) in [5.41, 5.74) is 2.01. The minimum atomic E-state index is 0.558. The lowest BCUT2D eigenvalue weighted by Crippen LogP contribution is -1.95. The van der Waals surface area contributed by atoms with Gasteiger partial charge in [-0.15, -0.1) is 11.8 Å². The van der Waals surface area contributed by atoms with Crippen LogP contribution in [-0.4, -0.2) is 6.26 Å². The van der Waals surface area contributed by atoms with Gasteiger partial charge in [0.1, 0.15) is 6.07 Å². The van der Waals surface area contributed by atoms with Gasteiger partial charge in [0.2, 0.25) is 0 Å². The lowest BCUT2D eigenvalue weighted by Gasteiger charge is -2.12. The quantitative estimate of drug-likeness (QED) is 0.778. The summed E-state index contributed by atoms with van der Waals surface area (Å²) in [5, 5.41) is 13.6. The van der Waals surface area contributed by atoms with Crippen LogP contribution in [0.2, 0.25) is 10.0 Å². The first-order valence-electron chi connectivity index (χ1n) is 5.45. The van der Waals surface area contributed by atoms with Gasteiger partial charge in [0.05, 0.1) is 22.0 Å². The van der Waals surface area contributed by atoms with E-state index in [1.54, 1.807) is 18.2 Å². The Morgan fingerprint density at radius 2 is 1.95 bits per heavy atom. The highest BCUT2D eigenvalue weighted by atomic mass is 35.5. The monoisotopic (exact) mass is 308 g/mol. The normalized spacial score (nSPS) is 10.0. The summed E-state index contributed by atoms with van der Waals surface area (Å²) in [6.45, 7) is 0. The molecule has 0 atom stereocenters. The summed E-state index contributed by atoms with van der Waals surface area (Å²) in [4.78, 5) is 0.922. The molecule has 0 radical (unpaired) electrons. The summed E-state index contributed by atoms with van der Waals surface area (Å²) in [6.07, 6.45) is 1.94.